The monoisotopic (exact) mass is 334 g/mol. The van der Waals surface area contributed by atoms with E-state index in [1.165, 1.54) is 12.8 Å². The molecule has 0 aliphatic carbocycles. The standard InChI is InChI=1S/C13H15BrN6/c14-9-3-4-10(18-19-11(8-15)13(16)17)12(7-9)20-5-1-2-6-20/h3-4,7,18H,1-2,5-6H2,(H3,16,17)/b19-11+. The van der Waals surface area contributed by atoms with Crippen LogP contribution in [0, 0.1) is 16.7 Å². The summed E-state index contributed by atoms with van der Waals surface area (Å²) in [6.07, 6.45) is 2.35. The largest absolute Gasteiger partial charge is 0.382 e. The third kappa shape index (κ3) is 3.27. The molecule has 1 aromatic carbocycles. The molecule has 6 nitrogen and oxygen atoms in total. The Balaban J connectivity index is 2.27. The Morgan fingerprint density at radius 2 is 2.15 bits per heavy atom. The van der Waals surface area contributed by atoms with Crippen LogP contribution in [-0.4, -0.2) is 24.6 Å². The fourth-order valence-corrected chi connectivity index (χ4v) is 2.43. The molecule has 0 atom stereocenters. The van der Waals surface area contributed by atoms with Gasteiger partial charge in [-0.1, -0.05) is 15.9 Å². The number of anilines is 2. The van der Waals surface area contributed by atoms with E-state index in [-0.39, 0.29) is 11.5 Å². The first-order chi connectivity index (χ1) is 9.61. The Morgan fingerprint density at radius 3 is 2.75 bits per heavy atom. The summed E-state index contributed by atoms with van der Waals surface area (Å²) in [4.78, 5) is 2.27. The highest BCUT2D eigenvalue weighted by molar-refractivity contribution is 9.10. The number of nitriles is 1. The zero-order valence-corrected chi connectivity index (χ0v) is 12.4. The summed E-state index contributed by atoms with van der Waals surface area (Å²) in [6, 6.07) is 7.59. The molecule has 0 radical (unpaired) electrons. The molecular weight excluding hydrogens is 320 g/mol. The Kier molecular flexibility index (Phi) is 4.58. The molecule has 1 aromatic rings. The summed E-state index contributed by atoms with van der Waals surface area (Å²) in [5.74, 6) is -0.347. The highest BCUT2D eigenvalue weighted by atomic mass is 79.9. The number of nitrogens with one attached hydrogen (secondary N) is 2. The number of amidine groups is 1. The van der Waals surface area contributed by atoms with Crippen molar-refractivity contribution in [2.75, 3.05) is 23.4 Å². The SMILES string of the molecule is N#C/C(=N\Nc1ccc(Br)cc1N1CCCC1)C(=N)N. The number of nitrogens with zero attached hydrogens (tertiary/aromatic N) is 3. The van der Waals surface area contributed by atoms with E-state index in [9.17, 15) is 0 Å². The molecule has 1 heterocycles. The van der Waals surface area contributed by atoms with E-state index in [1.807, 2.05) is 18.2 Å². The van der Waals surface area contributed by atoms with Crippen molar-refractivity contribution in [3.63, 3.8) is 0 Å². The van der Waals surface area contributed by atoms with Gasteiger partial charge in [0.1, 0.15) is 6.07 Å². The number of rotatable bonds is 4. The number of benzene rings is 1. The van der Waals surface area contributed by atoms with Gasteiger partial charge in [0.25, 0.3) is 0 Å². The van der Waals surface area contributed by atoms with Crippen LogP contribution >= 0.6 is 15.9 Å². The summed E-state index contributed by atoms with van der Waals surface area (Å²) < 4.78 is 0.987. The van der Waals surface area contributed by atoms with Gasteiger partial charge < -0.3 is 10.6 Å². The highest BCUT2D eigenvalue weighted by Gasteiger charge is 2.16. The van der Waals surface area contributed by atoms with Gasteiger partial charge in [0, 0.05) is 17.6 Å². The molecule has 4 N–H and O–H groups in total. The van der Waals surface area contributed by atoms with Gasteiger partial charge in [0.2, 0.25) is 5.71 Å². The number of nitrogens with two attached hydrogens (primary N) is 1. The average Bonchev–Trinajstić information content (AvgIpc) is 2.94. The minimum atomic E-state index is -0.347. The maximum Gasteiger partial charge on any atom is 0.201 e. The fraction of sp³-hybridized carbons (Fsp3) is 0.308. The van der Waals surface area contributed by atoms with Crippen molar-refractivity contribution in [1.29, 1.82) is 10.7 Å². The molecule has 1 aliphatic heterocycles. The quantitative estimate of drug-likeness (QED) is 0.446. The highest BCUT2D eigenvalue weighted by Crippen LogP contribution is 2.31. The minimum Gasteiger partial charge on any atom is -0.382 e. The Hall–Kier alpha value is -2.07. The molecule has 1 aliphatic rings. The maximum atomic E-state index is 8.84. The van der Waals surface area contributed by atoms with Crippen molar-refractivity contribution in [2.24, 2.45) is 10.8 Å². The van der Waals surface area contributed by atoms with E-state index in [2.05, 4.69) is 31.4 Å². The molecule has 104 valence electrons. The molecule has 7 heteroatoms. The van der Waals surface area contributed by atoms with Crippen molar-refractivity contribution in [2.45, 2.75) is 12.8 Å². The molecule has 2 rings (SSSR count). The van der Waals surface area contributed by atoms with Crippen molar-refractivity contribution < 1.29 is 0 Å². The Morgan fingerprint density at radius 1 is 1.45 bits per heavy atom. The van der Waals surface area contributed by atoms with Crippen molar-refractivity contribution in [3.8, 4) is 6.07 Å². The lowest BCUT2D eigenvalue weighted by Gasteiger charge is -2.21. The Bertz CT molecular complexity index is 583. The molecule has 0 aromatic heterocycles. The first-order valence-electron chi connectivity index (χ1n) is 6.24. The van der Waals surface area contributed by atoms with Gasteiger partial charge in [-0.25, -0.2) is 0 Å². The van der Waals surface area contributed by atoms with Crippen LogP contribution in [0.1, 0.15) is 12.8 Å². The van der Waals surface area contributed by atoms with E-state index in [4.69, 9.17) is 16.4 Å². The molecule has 0 spiro atoms. The van der Waals surface area contributed by atoms with Crippen LogP contribution in [0.2, 0.25) is 0 Å². The first kappa shape index (κ1) is 14.3. The van der Waals surface area contributed by atoms with E-state index >= 15 is 0 Å². The van der Waals surface area contributed by atoms with Crippen LogP contribution in [0.25, 0.3) is 0 Å². The van der Waals surface area contributed by atoms with E-state index in [1.54, 1.807) is 6.07 Å². The number of hydrogen-bond donors (Lipinski definition) is 3. The average molecular weight is 335 g/mol. The van der Waals surface area contributed by atoms with Crippen LogP contribution < -0.4 is 16.1 Å². The Labute approximate surface area is 125 Å². The lowest BCUT2D eigenvalue weighted by molar-refractivity contribution is 0.949. The summed E-state index contributed by atoms with van der Waals surface area (Å²) >= 11 is 3.46. The van der Waals surface area contributed by atoms with Crippen LogP contribution in [-0.2, 0) is 0 Å². The van der Waals surface area contributed by atoms with Gasteiger partial charge >= 0.3 is 0 Å². The zero-order valence-electron chi connectivity index (χ0n) is 10.9. The molecular formula is C13H15BrN6. The summed E-state index contributed by atoms with van der Waals surface area (Å²) in [7, 11) is 0. The topological polar surface area (TPSA) is 101 Å². The molecule has 0 amide bonds. The van der Waals surface area contributed by atoms with Crippen molar-refractivity contribution in [3.05, 3.63) is 22.7 Å². The van der Waals surface area contributed by atoms with Gasteiger partial charge in [-0.3, -0.25) is 10.8 Å². The predicted octanol–water partition coefficient (Wildman–Crippen LogP) is 2.28. The van der Waals surface area contributed by atoms with E-state index < -0.39 is 0 Å². The van der Waals surface area contributed by atoms with Gasteiger partial charge in [-0.15, -0.1) is 0 Å². The third-order valence-corrected chi connectivity index (χ3v) is 3.55. The van der Waals surface area contributed by atoms with Crippen LogP contribution in [0.4, 0.5) is 11.4 Å². The second kappa shape index (κ2) is 6.39. The zero-order chi connectivity index (χ0) is 14.5. The van der Waals surface area contributed by atoms with E-state index in [0.29, 0.717) is 0 Å². The lowest BCUT2D eigenvalue weighted by Crippen LogP contribution is -2.22. The molecule has 1 saturated heterocycles. The molecule has 20 heavy (non-hydrogen) atoms. The van der Waals surface area contributed by atoms with Crippen LogP contribution in [0.15, 0.2) is 27.8 Å². The molecule has 0 bridgehead atoms. The van der Waals surface area contributed by atoms with Crippen LogP contribution in [0.3, 0.4) is 0 Å². The second-order valence-electron chi connectivity index (χ2n) is 4.45. The van der Waals surface area contributed by atoms with Gasteiger partial charge in [-0.05, 0) is 31.0 Å². The summed E-state index contributed by atoms with van der Waals surface area (Å²) in [6.45, 7) is 2.01. The minimum absolute atomic E-state index is 0.125. The van der Waals surface area contributed by atoms with Crippen LogP contribution in [0.5, 0.6) is 0 Å². The smallest absolute Gasteiger partial charge is 0.201 e. The number of hydrazone groups is 1. The molecule has 0 saturated carbocycles. The lowest BCUT2D eigenvalue weighted by atomic mass is 10.2. The van der Waals surface area contributed by atoms with Crippen molar-refractivity contribution in [1.82, 2.24) is 0 Å². The van der Waals surface area contributed by atoms with Crippen molar-refractivity contribution >= 4 is 38.9 Å². The number of hydrogen-bond acceptors (Lipinski definition) is 5. The maximum absolute atomic E-state index is 8.84. The normalized spacial score (nSPS) is 15.0. The fourth-order valence-electron chi connectivity index (χ4n) is 2.08. The van der Waals surface area contributed by atoms with Gasteiger partial charge in [0.05, 0.1) is 11.4 Å². The van der Waals surface area contributed by atoms with Gasteiger partial charge in [-0.2, -0.15) is 10.4 Å². The summed E-state index contributed by atoms with van der Waals surface area (Å²) in [5, 5.41) is 20.0. The third-order valence-electron chi connectivity index (χ3n) is 3.06. The second-order valence-corrected chi connectivity index (χ2v) is 5.37. The van der Waals surface area contributed by atoms with Gasteiger partial charge in [0.15, 0.2) is 5.84 Å². The molecule has 1 fully saturated rings. The predicted molar refractivity (Wildman–Crippen MR) is 84.2 cm³/mol. The molecule has 0 unspecified atom stereocenters. The number of halogens is 1. The summed E-state index contributed by atoms with van der Waals surface area (Å²) in [5.41, 5.74) is 9.80. The van der Waals surface area contributed by atoms with E-state index in [0.717, 1.165) is 28.9 Å². The first-order valence-corrected chi connectivity index (χ1v) is 7.04.